The van der Waals surface area contributed by atoms with Gasteiger partial charge in [0.25, 0.3) is 0 Å². The molecule has 0 amide bonds. The first-order valence-corrected chi connectivity index (χ1v) is 24.5. The number of rotatable bonds is 27. The maximum atomic E-state index is 12.5. The van der Waals surface area contributed by atoms with Crippen molar-refractivity contribution in [3.8, 4) is 82.7 Å². The van der Waals surface area contributed by atoms with Crippen LogP contribution < -0.4 is 0 Å². The van der Waals surface area contributed by atoms with Gasteiger partial charge in [-0.1, -0.05) is 90.9 Å². The number of phosphoric acid groups is 2. The zero-order valence-corrected chi connectivity index (χ0v) is 38.7. The van der Waals surface area contributed by atoms with E-state index in [1.807, 2.05) is 6.92 Å². The molecule has 0 radical (unpaired) electrons. The predicted molar refractivity (Wildman–Crippen MR) is 265 cm³/mol. The summed E-state index contributed by atoms with van der Waals surface area (Å²) in [6, 6.07) is 0. The molecule has 20 heteroatoms. The van der Waals surface area contributed by atoms with Crippen molar-refractivity contribution in [1.29, 1.82) is 0 Å². The van der Waals surface area contributed by atoms with Crippen molar-refractivity contribution < 1.29 is 101 Å². The Labute approximate surface area is 400 Å². The van der Waals surface area contributed by atoms with Crippen molar-refractivity contribution in [2.24, 2.45) is 0 Å². The van der Waals surface area contributed by atoms with Crippen molar-refractivity contribution in [1.82, 2.24) is 0 Å². The number of aliphatic hydroxyl groups excluding tert-OH is 5. The lowest BCUT2D eigenvalue weighted by atomic mass is 9.85. The van der Waals surface area contributed by atoms with Crippen LogP contribution in [-0.2, 0) is 41.8 Å². The molecular formula is C44H86O17P2S. The van der Waals surface area contributed by atoms with Crippen LogP contribution in [0.4, 0.5) is 0 Å². The highest BCUT2D eigenvalue weighted by Crippen LogP contribution is 2.48. The Balaban J connectivity index is -0.0000000875. The average molecular weight is 981 g/mol. The largest absolute Gasteiger partial charge is 0.472 e. The van der Waals surface area contributed by atoms with Crippen LogP contribution in [0.25, 0.3) is 0 Å². The lowest BCUT2D eigenvalue weighted by Crippen LogP contribution is -2.64. The highest BCUT2D eigenvalue weighted by Gasteiger charge is 2.54. The van der Waals surface area contributed by atoms with Crippen LogP contribution in [0.15, 0.2) is 0 Å². The second-order valence-electron chi connectivity index (χ2n) is 13.8. The molecule has 8 N–H and O–H groups in total. The van der Waals surface area contributed by atoms with Crippen molar-refractivity contribution in [3.63, 3.8) is 0 Å². The van der Waals surface area contributed by atoms with Gasteiger partial charge < -0.3 is 49.7 Å². The summed E-state index contributed by atoms with van der Waals surface area (Å²) >= 11 is 0.959. The fraction of sp³-hybridized carbons (Fsp3) is 0.636. The second-order valence-corrected chi connectivity index (χ2v) is 17.3. The molecule has 0 heterocycles. The molecule has 5 unspecified atom stereocenters. The van der Waals surface area contributed by atoms with E-state index in [-0.39, 0.29) is 30.1 Å². The van der Waals surface area contributed by atoms with Gasteiger partial charge in [0.2, 0.25) is 5.12 Å². The quantitative estimate of drug-likeness (QED) is 0.0141. The van der Waals surface area contributed by atoms with Crippen LogP contribution in [0.2, 0.25) is 0 Å². The molecule has 1 fully saturated rings. The number of ether oxygens (including phenoxy) is 2. The average Bonchev–Trinajstić information content (AvgIpc) is 3.24. The lowest BCUT2D eigenvalue weighted by molar-refractivity contribution is -0.216. The second kappa shape index (κ2) is 37.6. The number of unbranched alkanes of at least 4 members (excludes halogenated alkanes) is 12. The lowest BCUT2D eigenvalue weighted by Gasteiger charge is -2.43. The zero-order chi connectivity index (χ0) is 48.1. The van der Waals surface area contributed by atoms with Crippen LogP contribution in [0.3, 0.4) is 0 Å². The Morgan fingerprint density at radius 2 is 1.06 bits per heavy atom. The van der Waals surface area contributed by atoms with Crippen molar-refractivity contribution in [2.75, 3.05) is 20.0 Å². The maximum absolute atomic E-state index is 12.5. The third-order valence-corrected chi connectivity index (χ3v) is 10.7. The molecule has 1 aliphatic carbocycles. The minimum Gasteiger partial charge on any atom is -0.457 e. The number of terminal acetylenes is 1. The number of phosphoric ester groups is 2. The van der Waals surface area contributed by atoms with Gasteiger partial charge in [-0.05, 0) is 89.1 Å². The molecule has 0 bridgehead atoms. The van der Waals surface area contributed by atoms with Crippen molar-refractivity contribution in [2.45, 2.75) is 159 Å². The molecule has 0 saturated heterocycles. The first-order valence-electron chi connectivity index (χ1n) is 20.7. The maximum Gasteiger partial charge on any atom is 0.472 e. The van der Waals surface area contributed by atoms with E-state index in [1.165, 1.54) is 51.4 Å². The Morgan fingerprint density at radius 1 is 0.625 bits per heavy atom. The van der Waals surface area contributed by atoms with E-state index in [9.17, 15) is 44.0 Å². The smallest absolute Gasteiger partial charge is 0.457 e. The molecule has 8 atom stereocenters. The van der Waals surface area contributed by atoms with E-state index >= 15 is 0 Å². The summed E-state index contributed by atoms with van der Waals surface area (Å²) < 4.78 is 47.3. The van der Waals surface area contributed by atoms with Crippen LogP contribution in [-0.4, -0.2) is 114 Å². The number of carbonyl (C=O) groups excluding carboxylic acids is 2. The summed E-state index contributed by atoms with van der Waals surface area (Å²) in [4.78, 5) is 51.3. The van der Waals surface area contributed by atoms with Gasteiger partial charge in [-0.3, -0.25) is 23.2 Å². The highest BCUT2D eigenvalue weighted by atomic mass is 32.2. The number of thioether (sulfide) groups is 1. The molecule has 64 heavy (non-hydrogen) atoms. The number of esters is 1. The van der Waals surface area contributed by atoms with Gasteiger partial charge in [-0.25, -0.2) is 9.13 Å². The van der Waals surface area contributed by atoms with Crippen molar-refractivity contribution >= 4 is 38.5 Å². The van der Waals surface area contributed by atoms with Gasteiger partial charge >= 0.3 is 21.6 Å². The first-order chi connectivity index (χ1) is 30.5. The molecule has 0 spiro atoms. The number of carbonyl (C=O) groups is 2. The monoisotopic (exact) mass is 981 g/mol. The summed E-state index contributed by atoms with van der Waals surface area (Å²) in [5, 5.41) is 52.1. The summed E-state index contributed by atoms with van der Waals surface area (Å²) in [5.41, 5.74) is 0. The third kappa shape index (κ3) is 32.1. The summed E-state index contributed by atoms with van der Waals surface area (Å²) in [7, 11) is -10.4. The van der Waals surface area contributed by atoms with E-state index in [0.717, 1.165) is 43.9 Å². The fourth-order valence-corrected chi connectivity index (χ4v) is 7.52. The van der Waals surface area contributed by atoms with E-state index in [2.05, 4.69) is 87.7 Å². The Kier molecular flexibility index (Phi) is 35.5. The molecule has 17 nitrogen and oxygen atoms in total. The topological polar surface area (TPSA) is 276 Å². The number of aliphatic hydroxyl groups is 5. The normalized spacial score (nSPS) is 19.8. The summed E-state index contributed by atoms with van der Waals surface area (Å²) in [5.74, 6) is 28.5. The summed E-state index contributed by atoms with van der Waals surface area (Å²) in [6.45, 7) is 2.22. The Morgan fingerprint density at radius 3 is 1.50 bits per heavy atom. The Hall–Kier alpha value is -3.61. The predicted octanol–water partition coefficient (Wildman–Crippen LogP) is 6.64. The third-order valence-electron chi connectivity index (χ3n) is 8.53. The molecule has 1 aliphatic rings. The highest BCUT2D eigenvalue weighted by molar-refractivity contribution is 8.17. The molecule has 0 aromatic carbocycles. The van der Waals surface area contributed by atoms with Crippen LogP contribution in [0.1, 0.15) is 135 Å². The van der Waals surface area contributed by atoms with Gasteiger partial charge in [0, 0.05) is 43.1 Å². The SMILES string of the molecule is C#CC#CC#CC#CC#CC#CC#CSC(=O)CCC.CCCCCCCCCCCCCCCC(=O)O[C@H](COCO)COP(=O)(O)OC1C(O)[C@H](O)C(OP(=O)(O)O)C(O)[C@@H]1O.[HH].[HH].[HH].[HH].[HH].[HH].[HH].[HH].[HH].[HH].[HH].[HH].[HH]. The van der Waals surface area contributed by atoms with E-state index < -0.39 is 84.3 Å². The molecule has 1 saturated carbocycles. The molecule has 1 rings (SSSR count). The number of hydrogen-bond donors (Lipinski definition) is 8. The van der Waals surface area contributed by atoms with Gasteiger partial charge in [0.1, 0.15) is 49.5 Å². The molecule has 0 aliphatic heterocycles. The van der Waals surface area contributed by atoms with E-state index in [4.69, 9.17) is 39.8 Å². The van der Waals surface area contributed by atoms with Gasteiger partial charge in [-0.15, -0.1) is 6.42 Å². The minimum atomic E-state index is -5.27. The summed E-state index contributed by atoms with van der Waals surface area (Å²) in [6.07, 6.45) is 6.54. The first kappa shape index (κ1) is 60.4. The molecule has 0 aromatic heterocycles. The Bertz CT molecular complexity index is 1950. The van der Waals surface area contributed by atoms with E-state index in [1.54, 1.807) is 0 Å². The van der Waals surface area contributed by atoms with Crippen LogP contribution in [0, 0.1) is 82.7 Å². The molecular weight excluding hydrogens is 894 g/mol. The van der Waals surface area contributed by atoms with Gasteiger partial charge in [0.15, 0.2) is 0 Å². The molecule has 0 aromatic rings. The van der Waals surface area contributed by atoms with Gasteiger partial charge in [-0.2, -0.15) is 0 Å². The standard InChI is InChI=1S/C26H52O16P2.C18H8OS.13H2/c1-2-3-4-5-6-7-8-9-10-11-12-13-14-15-20(28)40-19(16-38-18-27)17-39-44(36,37)42-26-23(31)21(29)25(22(30)24(26)32)41-43(33,34)35;1-3-5-6-7-8-9-10-11-12-13-14-15-17-20-18(19)16-4-2;;;;;;;;;;;;;/h19,21-27,29-32H,2-18H2,1H3,(H,36,37)(H2,33,34,35);1H,4,16H2,2H3;13*1H/t19-,21+,22?,23?,24+,25?,26?;;;;;;;;;;;;;;/m1............../s1. The van der Waals surface area contributed by atoms with Gasteiger partial charge in [0.05, 0.1) is 13.2 Å². The van der Waals surface area contributed by atoms with Crippen molar-refractivity contribution in [3.05, 3.63) is 0 Å². The molecule has 380 valence electrons. The van der Waals surface area contributed by atoms with Crippen LogP contribution >= 0.6 is 27.4 Å². The van der Waals surface area contributed by atoms with E-state index in [0.29, 0.717) is 12.8 Å². The zero-order valence-electron chi connectivity index (χ0n) is 36.1. The number of hydrogen-bond acceptors (Lipinski definition) is 15. The fourth-order valence-electron chi connectivity index (χ4n) is 5.46. The minimum absolute atomic E-state index is 0. The van der Waals surface area contributed by atoms with Crippen LogP contribution in [0.5, 0.6) is 0 Å².